The van der Waals surface area contributed by atoms with Crippen LogP contribution in [0.2, 0.25) is 0 Å². The Balaban J connectivity index is 0.00000300. The number of rotatable bonds is 9. The first kappa shape index (κ1) is 23.1. The van der Waals surface area contributed by atoms with Crippen molar-refractivity contribution in [2.24, 2.45) is 11.7 Å². The molecule has 0 spiro atoms. The number of carbonyl (C=O) groups is 2. The van der Waals surface area contributed by atoms with E-state index in [1.807, 2.05) is 30.3 Å². The third-order valence-electron chi connectivity index (χ3n) is 4.61. The summed E-state index contributed by atoms with van der Waals surface area (Å²) >= 11 is 1.34. The summed E-state index contributed by atoms with van der Waals surface area (Å²) in [7, 11) is 1.58. The van der Waals surface area contributed by atoms with Crippen LogP contribution in [0.25, 0.3) is 0 Å². The van der Waals surface area contributed by atoms with E-state index in [9.17, 15) is 9.59 Å². The molecule has 2 aromatic rings. The molecule has 1 unspecified atom stereocenters. The van der Waals surface area contributed by atoms with Gasteiger partial charge in [0.15, 0.2) is 0 Å². The molecular weight excluding hydrogens is 410 g/mol. The predicted molar refractivity (Wildman–Crippen MR) is 119 cm³/mol. The van der Waals surface area contributed by atoms with Crippen molar-refractivity contribution in [1.29, 1.82) is 0 Å². The maximum absolute atomic E-state index is 12.7. The SMILES string of the molecule is COc1cccc(NC(=O)CSc2ccccc2C(=O)NC(CN)C2CC2)c1.Cl. The molecule has 0 aromatic heterocycles. The van der Waals surface area contributed by atoms with Gasteiger partial charge < -0.3 is 21.1 Å². The summed E-state index contributed by atoms with van der Waals surface area (Å²) in [6, 6.07) is 14.5. The van der Waals surface area contributed by atoms with E-state index in [1.54, 1.807) is 25.3 Å². The zero-order valence-corrected chi connectivity index (χ0v) is 17.9. The van der Waals surface area contributed by atoms with Crippen molar-refractivity contribution < 1.29 is 14.3 Å². The lowest BCUT2D eigenvalue weighted by molar-refractivity contribution is -0.113. The van der Waals surface area contributed by atoms with Crippen molar-refractivity contribution in [2.45, 2.75) is 23.8 Å². The van der Waals surface area contributed by atoms with Gasteiger partial charge in [-0.2, -0.15) is 0 Å². The molecule has 1 saturated carbocycles. The molecule has 0 heterocycles. The molecule has 1 fully saturated rings. The second-order valence-electron chi connectivity index (χ2n) is 6.72. The molecule has 2 aromatic carbocycles. The Bertz CT molecular complexity index is 845. The third kappa shape index (κ3) is 6.66. The standard InChI is InChI=1S/C21H25N3O3S.ClH/c1-27-16-6-4-5-15(11-16)23-20(25)13-28-19-8-3-2-7-17(19)21(26)24-18(12-22)14-9-10-14;/h2-8,11,14,18H,9-10,12-13,22H2,1H3,(H,23,25)(H,24,26);1H. The molecule has 8 heteroatoms. The molecule has 0 saturated heterocycles. The minimum absolute atomic E-state index is 0. The van der Waals surface area contributed by atoms with Crippen molar-refractivity contribution >= 4 is 41.7 Å². The van der Waals surface area contributed by atoms with Crippen LogP contribution >= 0.6 is 24.2 Å². The Morgan fingerprint density at radius 2 is 1.97 bits per heavy atom. The number of nitrogens with two attached hydrogens (primary N) is 1. The van der Waals surface area contributed by atoms with E-state index in [1.165, 1.54) is 11.8 Å². The second-order valence-corrected chi connectivity index (χ2v) is 7.74. The van der Waals surface area contributed by atoms with Crippen LogP contribution in [-0.4, -0.2) is 37.3 Å². The van der Waals surface area contributed by atoms with Gasteiger partial charge in [0.1, 0.15) is 5.75 Å². The van der Waals surface area contributed by atoms with Gasteiger partial charge in [-0.15, -0.1) is 24.2 Å². The minimum Gasteiger partial charge on any atom is -0.497 e. The average molecular weight is 436 g/mol. The highest BCUT2D eigenvalue weighted by molar-refractivity contribution is 8.00. The molecule has 0 aliphatic heterocycles. The molecule has 1 atom stereocenters. The highest BCUT2D eigenvalue weighted by Crippen LogP contribution is 2.32. The summed E-state index contributed by atoms with van der Waals surface area (Å²) in [5.74, 6) is 1.08. The van der Waals surface area contributed by atoms with Gasteiger partial charge in [0.25, 0.3) is 5.91 Å². The van der Waals surface area contributed by atoms with Gasteiger partial charge in [0.2, 0.25) is 5.91 Å². The number of amides is 2. The molecule has 156 valence electrons. The average Bonchev–Trinajstić information content (AvgIpc) is 3.56. The molecule has 6 nitrogen and oxygen atoms in total. The predicted octanol–water partition coefficient (Wildman–Crippen LogP) is 3.31. The van der Waals surface area contributed by atoms with Crippen LogP contribution in [0.4, 0.5) is 5.69 Å². The van der Waals surface area contributed by atoms with Crippen molar-refractivity contribution in [2.75, 3.05) is 24.7 Å². The molecule has 2 amide bonds. The zero-order valence-electron chi connectivity index (χ0n) is 16.2. The van der Waals surface area contributed by atoms with Crippen molar-refractivity contribution in [3.63, 3.8) is 0 Å². The van der Waals surface area contributed by atoms with Crippen molar-refractivity contribution in [1.82, 2.24) is 5.32 Å². The second kappa shape index (κ2) is 11.1. The fraction of sp³-hybridized carbons (Fsp3) is 0.333. The van der Waals surface area contributed by atoms with E-state index >= 15 is 0 Å². The number of hydrogen-bond donors (Lipinski definition) is 3. The van der Waals surface area contributed by atoms with E-state index in [-0.39, 0.29) is 36.0 Å². The van der Waals surface area contributed by atoms with E-state index in [0.717, 1.165) is 17.7 Å². The number of thioether (sulfide) groups is 1. The number of carbonyl (C=O) groups excluding carboxylic acids is 2. The van der Waals surface area contributed by atoms with Crippen molar-refractivity contribution in [3.8, 4) is 5.75 Å². The summed E-state index contributed by atoms with van der Waals surface area (Å²) in [5, 5.41) is 5.88. The molecule has 4 N–H and O–H groups in total. The summed E-state index contributed by atoms with van der Waals surface area (Å²) in [5.41, 5.74) is 7.03. The number of benzene rings is 2. The fourth-order valence-corrected chi connectivity index (χ4v) is 3.79. The Morgan fingerprint density at radius 3 is 2.66 bits per heavy atom. The summed E-state index contributed by atoms with van der Waals surface area (Å²) in [4.78, 5) is 25.7. The quantitative estimate of drug-likeness (QED) is 0.525. The zero-order chi connectivity index (χ0) is 19.9. The number of halogens is 1. The largest absolute Gasteiger partial charge is 0.497 e. The normalized spacial score (nSPS) is 13.7. The van der Waals surface area contributed by atoms with E-state index in [2.05, 4.69) is 10.6 Å². The van der Waals surface area contributed by atoms with Crippen LogP contribution < -0.4 is 21.1 Å². The fourth-order valence-electron chi connectivity index (χ4n) is 2.94. The van der Waals surface area contributed by atoms with E-state index in [4.69, 9.17) is 10.5 Å². The molecule has 0 bridgehead atoms. The van der Waals surface area contributed by atoms with Crippen LogP contribution in [0.1, 0.15) is 23.2 Å². The van der Waals surface area contributed by atoms with E-state index in [0.29, 0.717) is 29.5 Å². The monoisotopic (exact) mass is 435 g/mol. The van der Waals surface area contributed by atoms with Gasteiger partial charge in [0, 0.05) is 29.2 Å². The Labute approximate surface area is 181 Å². The van der Waals surface area contributed by atoms with Crippen LogP contribution in [0.3, 0.4) is 0 Å². The summed E-state index contributed by atoms with van der Waals surface area (Å²) in [6.45, 7) is 0.439. The molecule has 1 aliphatic rings. The van der Waals surface area contributed by atoms with Crippen LogP contribution in [-0.2, 0) is 4.79 Å². The Kier molecular flexibility index (Phi) is 8.82. The first-order valence-corrected chi connectivity index (χ1v) is 10.3. The van der Waals surface area contributed by atoms with Crippen LogP contribution in [0.15, 0.2) is 53.4 Å². The molecule has 3 rings (SSSR count). The smallest absolute Gasteiger partial charge is 0.252 e. The molecule has 1 aliphatic carbocycles. The minimum atomic E-state index is -0.147. The lowest BCUT2D eigenvalue weighted by Crippen LogP contribution is -2.41. The van der Waals surface area contributed by atoms with Gasteiger partial charge >= 0.3 is 0 Å². The first-order chi connectivity index (χ1) is 13.6. The number of hydrogen-bond acceptors (Lipinski definition) is 5. The molecule has 29 heavy (non-hydrogen) atoms. The lowest BCUT2D eigenvalue weighted by atomic mass is 10.1. The number of methoxy groups -OCH3 is 1. The van der Waals surface area contributed by atoms with Gasteiger partial charge in [-0.25, -0.2) is 0 Å². The van der Waals surface area contributed by atoms with Gasteiger partial charge in [0.05, 0.1) is 18.4 Å². The molecular formula is C21H26ClN3O3S. The lowest BCUT2D eigenvalue weighted by Gasteiger charge is -2.17. The topological polar surface area (TPSA) is 93.4 Å². The number of anilines is 1. The van der Waals surface area contributed by atoms with Gasteiger partial charge in [-0.3, -0.25) is 9.59 Å². The highest BCUT2D eigenvalue weighted by Gasteiger charge is 2.31. The van der Waals surface area contributed by atoms with Crippen molar-refractivity contribution in [3.05, 3.63) is 54.1 Å². The Morgan fingerprint density at radius 1 is 1.21 bits per heavy atom. The van der Waals surface area contributed by atoms with Gasteiger partial charge in [-0.1, -0.05) is 18.2 Å². The number of ether oxygens (including phenoxy) is 1. The summed E-state index contributed by atoms with van der Waals surface area (Å²) < 4.78 is 5.16. The summed E-state index contributed by atoms with van der Waals surface area (Å²) in [6.07, 6.45) is 2.23. The van der Waals surface area contributed by atoms with Crippen LogP contribution in [0, 0.1) is 5.92 Å². The third-order valence-corrected chi connectivity index (χ3v) is 5.68. The number of nitrogens with one attached hydrogen (secondary N) is 2. The first-order valence-electron chi connectivity index (χ1n) is 9.27. The maximum atomic E-state index is 12.7. The van der Waals surface area contributed by atoms with Crippen LogP contribution in [0.5, 0.6) is 5.75 Å². The Hall–Kier alpha value is -2.22. The highest BCUT2D eigenvalue weighted by atomic mass is 35.5. The maximum Gasteiger partial charge on any atom is 0.252 e. The van der Waals surface area contributed by atoms with E-state index < -0.39 is 0 Å². The molecule has 0 radical (unpaired) electrons. The van der Waals surface area contributed by atoms with Gasteiger partial charge in [-0.05, 0) is 43.0 Å².